The van der Waals surface area contributed by atoms with Crippen LogP contribution < -0.4 is 5.73 Å². The number of rotatable bonds is 14. The van der Waals surface area contributed by atoms with Gasteiger partial charge in [0.25, 0.3) is 10.1 Å². The highest BCUT2D eigenvalue weighted by atomic mass is 32.2. The number of unbranched alkanes of at least 4 members (excludes halogenated alkanes) is 7. The lowest BCUT2D eigenvalue weighted by Crippen LogP contribution is -2.19. The summed E-state index contributed by atoms with van der Waals surface area (Å²) in [6, 6.07) is 0.287. The van der Waals surface area contributed by atoms with Crippen LogP contribution in [0.15, 0.2) is 0 Å². The summed E-state index contributed by atoms with van der Waals surface area (Å²) < 4.78 is 30.6. The van der Waals surface area contributed by atoms with Gasteiger partial charge >= 0.3 is 0 Å². The van der Waals surface area contributed by atoms with Crippen LogP contribution in [0.5, 0.6) is 0 Å². The molecule has 0 saturated heterocycles. The molecule has 0 aliphatic carbocycles. The fraction of sp³-hybridized carbons (Fsp3) is 1.00. The Morgan fingerprint density at radius 2 is 1.29 bits per heavy atom. The molecule has 128 valence electrons. The van der Waals surface area contributed by atoms with Crippen molar-refractivity contribution in [3.8, 4) is 0 Å². The van der Waals surface area contributed by atoms with Crippen LogP contribution in [0.25, 0.3) is 0 Å². The lowest BCUT2D eigenvalue weighted by atomic mass is 10.0. The molecule has 3 N–H and O–H groups in total. The summed E-state index contributed by atoms with van der Waals surface area (Å²) in [5, 5.41) is -0.644. The van der Waals surface area contributed by atoms with E-state index in [1.807, 2.05) is 0 Å². The Kier molecular flexibility index (Phi) is 12.3. The minimum absolute atomic E-state index is 0.287. The molecule has 0 aromatic heterocycles. The van der Waals surface area contributed by atoms with E-state index in [2.05, 4.69) is 6.92 Å². The normalized spacial score (nSPS) is 15.0. The summed E-state index contributed by atoms with van der Waals surface area (Å²) in [5.41, 5.74) is 6.09. The lowest BCUT2D eigenvalue weighted by Gasteiger charge is -2.12. The third-order valence-electron chi connectivity index (χ3n) is 4.12. The third-order valence-corrected chi connectivity index (χ3v) is 5.38. The summed E-state index contributed by atoms with van der Waals surface area (Å²) in [5.74, 6) is 0. The van der Waals surface area contributed by atoms with E-state index in [9.17, 15) is 8.42 Å². The number of hydrogen-bond donors (Lipinski definition) is 2. The Morgan fingerprint density at radius 1 is 0.857 bits per heavy atom. The van der Waals surface area contributed by atoms with Crippen molar-refractivity contribution in [2.75, 3.05) is 0 Å². The number of hydrogen-bond acceptors (Lipinski definition) is 3. The molecular formula is C16H35NO3S. The molecule has 0 bridgehead atoms. The van der Waals surface area contributed by atoms with E-state index < -0.39 is 15.4 Å². The number of nitrogens with two attached hydrogens (primary N) is 1. The van der Waals surface area contributed by atoms with Gasteiger partial charge in [-0.15, -0.1) is 0 Å². The van der Waals surface area contributed by atoms with Crippen molar-refractivity contribution in [3.63, 3.8) is 0 Å². The Bertz CT molecular complexity index is 330. The zero-order valence-electron chi connectivity index (χ0n) is 13.9. The molecule has 5 heteroatoms. The second kappa shape index (κ2) is 12.4. The van der Waals surface area contributed by atoms with Crippen molar-refractivity contribution in [3.05, 3.63) is 0 Å². The maximum atomic E-state index is 10.9. The van der Waals surface area contributed by atoms with E-state index in [4.69, 9.17) is 10.3 Å². The largest absolute Gasteiger partial charge is 0.328 e. The van der Waals surface area contributed by atoms with Gasteiger partial charge in [0.15, 0.2) is 0 Å². The maximum Gasteiger partial charge on any atom is 0.267 e. The molecule has 0 aliphatic heterocycles. The predicted octanol–water partition coefficient (Wildman–Crippen LogP) is 4.29. The van der Waals surface area contributed by atoms with Crippen LogP contribution in [-0.4, -0.2) is 24.3 Å². The smallest absolute Gasteiger partial charge is 0.267 e. The molecular weight excluding hydrogens is 286 g/mol. The van der Waals surface area contributed by atoms with Gasteiger partial charge in [0.2, 0.25) is 0 Å². The van der Waals surface area contributed by atoms with Crippen LogP contribution in [0, 0.1) is 0 Å². The van der Waals surface area contributed by atoms with Gasteiger partial charge in [-0.3, -0.25) is 4.55 Å². The van der Waals surface area contributed by atoms with Gasteiger partial charge in [0.1, 0.15) is 0 Å². The quantitative estimate of drug-likeness (QED) is 0.369. The Morgan fingerprint density at radius 3 is 1.81 bits per heavy atom. The lowest BCUT2D eigenvalue weighted by molar-refractivity contribution is 0.457. The monoisotopic (exact) mass is 321 g/mol. The Balaban J connectivity index is 3.40. The molecule has 2 atom stereocenters. The van der Waals surface area contributed by atoms with E-state index in [-0.39, 0.29) is 6.04 Å². The van der Waals surface area contributed by atoms with Gasteiger partial charge in [-0.05, 0) is 26.2 Å². The Hall–Kier alpha value is -0.130. The molecule has 2 unspecified atom stereocenters. The van der Waals surface area contributed by atoms with Gasteiger partial charge in [0, 0.05) is 6.04 Å². The van der Waals surface area contributed by atoms with Crippen molar-refractivity contribution < 1.29 is 13.0 Å². The first-order chi connectivity index (χ1) is 9.88. The third kappa shape index (κ3) is 13.3. The molecule has 0 fully saturated rings. The van der Waals surface area contributed by atoms with Crippen LogP contribution in [0.4, 0.5) is 0 Å². The summed E-state index contributed by atoms with van der Waals surface area (Å²) in [4.78, 5) is 0. The molecule has 0 amide bonds. The summed E-state index contributed by atoms with van der Waals surface area (Å²) in [6.07, 6.45) is 13.4. The Labute approximate surface area is 131 Å². The van der Waals surface area contributed by atoms with Crippen LogP contribution >= 0.6 is 0 Å². The predicted molar refractivity (Wildman–Crippen MR) is 90.1 cm³/mol. The van der Waals surface area contributed by atoms with E-state index in [0.717, 1.165) is 32.1 Å². The maximum absolute atomic E-state index is 10.9. The van der Waals surface area contributed by atoms with Crippen LogP contribution in [0.1, 0.15) is 90.9 Å². The van der Waals surface area contributed by atoms with Gasteiger partial charge in [-0.1, -0.05) is 64.7 Å². The summed E-state index contributed by atoms with van der Waals surface area (Å²) in [7, 11) is -3.85. The van der Waals surface area contributed by atoms with Crippen molar-refractivity contribution in [1.82, 2.24) is 0 Å². The fourth-order valence-electron chi connectivity index (χ4n) is 2.50. The molecule has 0 aromatic rings. The first-order valence-corrected chi connectivity index (χ1v) is 10.1. The highest BCUT2D eigenvalue weighted by Crippen LogP contribution is 2.14. The second-order valence-corrected chi connectivity index (χ2v) is 8.11. The van der Waals surface area contributed by atoms with Gasteiger partial charge in [-0.25, -0.2) is 0 Å². The van der Waals surface area contributed by atoms with Crippen LogP contribution in [0.3, 0.4) is 0 Å². The minimum atomic E-state index is -3.85. The first kappa shape index (κ1) is 20.9. The summed E-state index contributed by atoms with van der Waals surface area (Å²) in [6.45, 7) is 3.78. The zero-order valence-corrected chi connectivity index (χ0v) is 14.7. The molecule has 0 aliphatic rings. The highest BCUT2D eigenvalue weighted by Gasteiger charge is 2.16. The molecule has 0 saturated carbocycles. The zero-order chi connectivity index (χ0) is 16.1. The van der Waals surface area contributed by atoms with E-state index in [1.54, 1.807) is 6.92 Å². The van der Waals surface area contributed by atoms with Crippen molar-refractivity contribution in [2.24, 2.45) is 5.73 Å². The molecule has 21 heavy (non-hydrogen) atoms. The van der Waals surface area contributed by atoms with Crippen molar-refractivity contribution in [2.45, 2.75) is 102 Å². The van der Waals surface area contributed by atoms with Crippen molar-refractivity contribution in [1.29, 1.82) is 0 Å². The molecule has 0 rings (SSSR count). The highest BCUT2D eigenvalue weighted by molar-refractivity contribution is 7.86. The van der Waals surface area contributed by atoms with Crippen LogP contribution in [0.2, 0.25) is 0 Å². The molecule has 0 aromatic carbocycles. The van der Waals surface area contributed by atoms with E-state index in [0.29, 0.717) is 6.42 Å². The average Bonchev–Trinajstić information content (AvgIpc) is 2.41. The molecule has 0 radical (unpaired) electrons. The standard InChI is InChI=1S/C16H35NO3S/c1-3-4-5-6-7-10-13-16(17)14-11-8-9-12-15(2)21(18,19)20/h15-16H,3-14,17H2,1-2H3,(H,18,19,20). The fourth-order valence-corrected chi connectivity index (χ4v) is 2.96. The minimum Gasteiger partial charge on any atom is -0.328 e. The molecule has 0 heterocycles. The topological polar surface area (TPSA) is 80.4 Å². The van der Waals surface area contributed by atoms with Crippen molar-refractivity contribution >= 4 is 10.1 Å². The van der Waals surface area contributed by atoms with Crippen LogP contribution in [-0.2, 0) is 10.1 Å². The van der Waals surface area contributed by atoms with E-state index >= 15 is 0 Å². The summed E-state index contributed by atoms with van der Waals surface area (Å²) >= 11 is 0. The van der Waals surface area contributed by atoms with Gasteiger partial charge < -0.3 is 5.73 Å². The van der Waals surface area contributed by atoms with E-state index in [1.165, 1.54) is 38.5 Å². The second-order valence-electron chi connectivity index (χ2n) is 6.28. The van der Waals surface area contributed by atoms with Gasteiger partial charge in [0.05, 0.1) is 5.25 Å². The van der Waals surface area contributed by atoms with Gasteiger partial charge in [-0.2, -0.15) is 8.42 Å². The SMILES string of the molecule is CCCCCCCCC(N)CCCCCC(C)S(=O)(=O)O. The molecule has 0 spiro atoms. The average molecular weight is 322 g/mol. The molecule has 4 nitrogen and oxygen atoms in total. The first-order valence-electron chi connectivity index (χ1n) is 8.59.